The van der Waals surface area contributed by atoms with Crippen molar-refractivity contribution < 1.29 is 13.2 Å². The first-order chi connectivity index (χ1) is 13.2. The molecule has 146 valence electrons. The number of thiocarbonyl (C=S) groups is 1. The molecule has 0 aliphatic heterocycles. The van der Waals surface area contributed by atoms with Crippen LogP contribution >= 0.6 is 35.4 Å². The largest absolute Gasteiger partial charge is 0.418 e. The molecule has 0 aliphatic carbocycles. The van der Waals surface area contributed by atoms with Gasteiger partial charge in [-0.05, 0) is 42.0 Å². The molecular formula is C17H12Cl2F3N5S. The summed E-state index contributed by atoms with van der Waals surface area (Å²) in [5.41, 5.74) is -0.211. The maximum absolute atomic E-state index is 13.0. The van der Waals surface area contributed by atoms with Crippen molar-refractivity contribution in [3.05, 3.63) is 70.0 Å². The topological polar surface area (TPSA) is 54.8 Å². The predicted molar refractivity (Wildman–Crippen MR) is 107 cm³/mol. The van der Waals surface area contributed by atoms with Gasteiger partial charge in [0, 0.05) is 10.0 Å². The van der Waals surface area contributed by atoms with Crippen molar-refractivity contribution in [1.82, 2.24) is 14.8 Å². The summed E-state index contributed by atoms with van der Waals surface area (Å²) < 4.78 is 40.6. The van der Waals surface area contributed by atoms with Gasteiger partial charge in [0.05, 0.1) is 17.8 Å². The summed E-state index contributed by atoms with van der Waals surface area (Å²) in [6, 6.07) is 10.1. The number of anilines is 2. The third kappa shape index (κ3) is 5.12. The highest BCUT2D eigenvalue weighted by Gasteiger charge is 2.33. The van der Waals surface area contributed by atoms with Crippen LogP contribution in [0.3, 0.4) is 0 Å². The number of hydrogen-bond donors (Lipinski definition) is 2. The third-order valence-corrected chi connectivity index (χ3v) is 4.38. The lowest BCUT2D eigenvalue weighted by atomic mass is 10.2. The minimum atomic E-state index is -4.50. The molecule has 0 atom stereocenters. The van der Waals surface area contributed by atoms with E-state index in [1.165, 1.54) is 29.2 Å². The highest BCUT2D eigenvalue weighted by Crippen LogP contribution is 2.34. The summed E-state index contributed by atoms with van der Waals surface area (Å²) >= 11 is 17.1. The number of nitrogens with one attached hydrogen (secondary N) is 2. The first-order valence-corrected chi connectivity index (χ1v) is 8.96. The number of alkyl halides is 3. The van der Waals surface area contributed by atoms with E-state index in [0.717, 1.165) is 11.6 Å². The second-order valence-corrected chi connectivity index (χ2v) is 6.88. The molecule has 0 bridgehead atoms. The van der Waals surface area contributed by atoms with Crippen LogP contribution < -0.4 is 10.6 Å². The zero-order valence-electron chi connectivity index (χ0n) is 14.0. The molecule has 0 saturated heterocycles. The van der Waals surface area contributed by atoms with Crippen molar-refractivity contribution in [3.8, 4) is 0 Å². The minimum Gasteiger partial charge on any atom is -0.332 e. The Morgan fingerprint density at radius 2 is 1.86 bits per heavy atom. The summed E-state index contributed by atoms with van der Waals surface area (Å²) in [4.78, 5) is 4.03. The van der Waals surface area contributed by atoms with Gasteiger partial charge in [-0.25, -0.2) is 9.67 Å². The molecule has 3 aromatic rings. The number of aromatic nitrogens is 3. The van der Waals surface area contributed by atoms with Gasteiger partial charge in [0.1, 0.15) is 6.33 Å². The van der Waals surface area contributed by atoms with E-state index in [1.807, 2.05) is 0 Å². The summed E-state index contributed by atoms with van der Waals surface area (Å²) in [7, 11) is 0. The van der Waals surface area contributed by atoms with Gasteiger partial charge < -0.3 is 5.32 Å². The summed E-state index contributed by atoms with van der Waals surface area (Å²) in [5, 5.41) is 10.3. The molecule has 2 N–H and O–H groups in total. The fraction of sp³-hybridized carbons (Fsp3) is 0.118. The highest BCUT2D eigenvalue weighted by molar-refractivity contribution is 7.80. The molecule has 0 unspecified atom stereocenters. The minimum absolute atomic E-state index is 0.0704. The Morgan fingerprint density at radius 1 is 1.11 bits per heavy atom. The van der Waals surface area contributed by atoms with Crippen LogP contribution in [0, 0.1) is 0 Å². The number of benzene rings is 2. The molecule has 2 aromatic carbocycles. The number of hydrogen-bond acceptors (Lipinski definition) is 3. The quantitative estimate of drug-likeness (QED) is 0.522. The van der Waals surface area contributed by atoms with E-state index in [-0.39, 0.29) is 16.7 Å². The van der Waals surface area contributed by atoms with E-state index >= 15 is 0 Å². The Hall–Kier alpha value is -2.36. The standard InChI is InChI=1S/C17H12Cl2F3N5S/c18-11-6-5-10(13(19)7-11)8-27-9-23-15(26-27)25-16(28)24-14-4-2-1-3-12(14)17(20,21)22/h1-7,9H,8H2,(H2,24,25,26,28). The van der Waals surface area contributed by atoms with Crippen LogP contribution in [-0.2, 0) is 12.7 Å². The monoisotopic (exact) mass is 445 g/mol. The van der Waals surface area contributed by atoms with Crippen molar-refractivity contribution in [1.29, 1.82) is 0 Å². The van der Waals surface area contributed by atoms with Gasteiger partial charge in [-0.3, -0.25) is 5.32 Å². The number of halogens is 5. The maximum Gasteiger partial charge on any atom is 0.418 e. The number of rotatable bonds is 4. The molecule has 0 saturated carbocycles. The average molecular weight is 446 g/mol. The lowest BCUT2D eigenvalue weighted by Crippen LogP contribution is -2.22. The highest BCUT2D eigenvalue weighted by atomic mass is 35.5. The molecule has 0 radical (unpaired) electrons. The summed E-state index contributed by atoms with van der Waals surface area (Å²) in [6.07, 6.45) is -3.06. The average Bonchev–Trinajstić information content (AvgIpc) is 3.04. The van der Waals surface area contributed by atoms with Crippen LogP contribution in [0.15, 0.2) is 48.8 Å². The van der Waals surface area contributed by atoms with Gasteiger partial charge in [-0.1, -0.05) is 41.4 Å². The Bertz CT molecular complexity index is 1010. The summed E-state index contributed by atoms with van der Waals surface area (Å²) in [5.74, 6) is 0.132. The Kier molecular flexibility index (Phi) is 6.07. The predicted octanol–water partition coefficient (Wildman–Crippen LogP) is 5.46. The van der Waals surface area contributed by atoms with Crippen molar-refractivity contribution in [3.63, 3.8) is 0 Å². The lowest BCUT2D eigenvalue weighted by molar-refractivity contribution is -0.136. The van der Waals surface area contributed by atoms with E-state index in [9.17, 15) is 13.2 Å². The van der Waals surface area contributed by atoms with Gasteiger partial charge in [0.15, 0.2) is 5.11 Å². The molecule has 1 heterocycles. The van der Waals surface area contributed by atoms with Crippen molar-refractivity contribution in [2.24, 2.45) is 0 Å². The van der Waals surface area contributed by atoms with Crippen molar-refractivity contribution >= 4 is 52.2 Å². The van der Waals surface area contributed by atoms with Crippen molar-refractivity contribution in [2.75, 3.05) is 10.6 Å². The molecule has 3 rings (SSSR count). The smallest absolute Gasteiger partial charge is 0.332 e. The zero-order valence-corrected chi connectivity index (χ0v) is 16.3. The van der Waals surface area contributed by atoms with Gasteiger partial charge in [0.25, 0.3) is 0 Å². The normalized spacial score (nSPS) is 11.3. The number of para-hydroxylation sites is 1. The maximum atomic E-state index is 13.0. The van der Waals surface area contributed by atoms with Crippen LogP contribution in [-0.4, -0.2) is 19.9 Å². The van der Waals surface area contributed by atoms with Crippen LogP contribution in [0.25, 0.3) is 0 Å². The first-order valence-electron chi connectivity index (χ1n) is 7.80. The van der Waals surface area contributed by atoms with Gasteiger partial charge in [-0.15, -0.1) is 5.10 Å². The van der Waals surface area contributed by atoms with Crippen LogP contribution in [0.4, 0.5) is 24.8 Å². The fourth-order valence-electron chi connectivity index (χ4n) is 2.35. The SMILES string of the molecule is FC(F)(F)c1ccccc1NC(=S)Nc1ncn(Cc2ccc(Cl)cc2Cl)n1. The first kappa shape index (κ1) is 20.4. The van der Waals surface area contributed by atoms with Crippen LogP contribution in [0.5, 0.6) is 0 Å². The van der Waals surface area contributed by atoms with Gasteiger partial charge in [0.2, 0.25) is 5.95 Å². The van der Waals surface area contributed by atoms with Crippen LogP contribution in [0.1, 0.15) is 11.1 Å². The van der Waals surface area contributed by atoms with Crippen LogP contribution in [0.2, 0.25) is 10.0 Å². The molecular weight excluding hydrogens is 434 g/mol. The Balaban J connectivity index is 1.66. The van der Waals surface area contributed by atoms with Crippen molar-refractivity contribution in [2.45, 2.75) is 12.7 Å². The molecule has 0 fully saturated rings. The lowest BCUT2D eigenvalue weighted by Gasteiger charge is -2.14. The molecule has 0 amide bonds. The van der Waals surface area contributed by atoms with E-state index < -0.39 is 11.7 Å². The van der Waals surface area contributed by atoms with E-state index in [0.29, 0.717) is 16.6 Å². The molecule has 0 aliphatic rings. The molecule has 5 nitrogen and oxygen atoms in total. The fourth-order valence-corrected chi connectivity index (χ4v) is 3.02. The van der Waals surface area contributed by atoms with Gasteiger partial charge >= 0.3 is 6.18 Å². The van der Waals surface area contributed by atoms with E-state index in [1.54, 1.807) is 18.2 Å². The van der Waals surface area contributed by atoms with E-state index in [4.69, 9.17) is 35.4 Å². The zero-order chi connectivity index (χ0) is 20.3. The molecule has 1 aromatic heterocycles. The van der Waals surface area contributed by atoms with E-state index in [2.05, 4.69) is 20.7 Å². The van der Waals surface area contributed by atoms with Gasteiger partial charge in [-0.2, -0.15) is 13.2 Å². The second-order valence-electron chi connectivity index (χ2n) is 5.62. The third-order valence-electron chi connectivity index (χ3n) is 3.59. The molecule has 28 heavy (non-hydrogen) atoms. The Labute approximate surface area is 173 Å². The second kappa shape index (κ2) is 8.34. The Morgan fingerprint density at radius 3 is 2.57 bits per heavy atom. The molecule has 0 spiro atoms. The summed E-state index contributed by atoms with van der Waals surface area (Å²) in [6.45, 7) is 0.335. The molecule has 11 heteroatoms. The number of nitrogens with zero attached hydrogens (tertiary/aromatic N) is 3.